The summed E-state index contributed by atoms with van der Waals surface area (Å²) in [6.45, 7) is 13.4. The van der Waals surface area contributed by atoms with Crippen LogP contribution >= 0.6 is 0 Å². The Hall–Kier alpha value is -2.14. The fourth-order valence-electron chi connectivity index (χ4n) is 3.77. The lowest BCUT2D eigenvalue weighted by Crippen LogP contribution is -2.61. The third kappa shape index (κ3) is 4.08. The van der Waals surface area contributed by atoms with Crippen LogP contribution in [0.1, 0.15) is 40.2 Å². The molecule has 146 valence electrons. The predicted molar refractivity (Wildman–Crippen MR) is 109 cm³/mol. The van der Waals surface area contributed by atoms with Gasteiger partial charge in [0.15, 0.2) is 0 Å². The molecular formula is C22H31N3O2. The van der Waals surface area contributed by atoms with Crippen LogP contribution in [0, 0.1) is 5.41 Å². The summed E-state index contributed by atoms with van der Waals surface area (Å²) in [5.41, 5.74) is 1.57. The van der Waals surface area contributed by atoms with Crippen molar-refractivity contribution in [2.24, 2.45) is 5.41 Å². The number of nitrogens with zero attached hydrogens (tertiary/aromatic N) is 3. The number of hydrogen-bond acceptors (Lipinski definition) is 4. The first-order chi connectivity index (χ1) is 12.6. The summed E-state index contributed by atoms with van der Waals surface area (Å²) < 4.78 is 5.56. The van der Waals surface area contributed by atoms with Crippen molar-refractivity contribution in [3.63, 3.8) is 0 Å². The van der Waals surface area contributed by atoms with E-state index in [0.29, 0.717) is 5.88 Å². The lowest BCUT2D eigenvalue weighted by molar-refractivity contribution is -0.144. The third-order valence-electron chi connectivity index (χ3n) is 5.32. The minimum absolute atomic E-state index is 0.115. The van der Waals surface area contributed by atoms with Crippen molar-refractivity contribution < 1.29 is 9.53 Å². The first-order valence-electron chi connectivity index (χ1n) is 9.59. The first kappa shape index (κ1) is 19.6. The van der Waals surface area contributed by atoms with E-state index in [1.807, 2.05) is 43.9 Å². The molecule has 0 aliphatic carbocycles. The zero-order chi connectivity index (χ0) is 19.8. The average Bonchev–Trinajstić information content (AvgIpc) is 2.61. The van der Waals surface area contributed by atoms with Gasteiger partial charge in [-0.25, -0.2) is 4.98 Å². The molecule has 0 N–H and O–H groups in total. The average molecular weight is 370 g/mol. The zero-order valence-corrected chi connectivity index (χ0v) is 17.4. The van der Waals surface area contributed by atoms with Crippen LogP contribution in [0.2, 0.25) is 0 Å². The van der Waals surface area contributed by atoms with Gasteiger partial charge in [0.25, 0.3) is 0 Å². The summed E-state index contributed by atoms with van der Waals surface area (Å²) in [6, 6.07) is 10.3. The SMILES string of the molecule is COc1nc2ccccc2cc1CN1CCN(C(=O)C(C)(C)C)CC1(C)C. The maximum absolute atomic E-state index is 12.7. The maximum atomic E-state index is 12.7. The molecule has 2 heterocycles. The molecule has 0 spiro atoms. The van der Waals surface area contributed by atoms with Crippen molar-refractivity contribution in [1.82, 2.24) is 14.8 Å². The highest BCUT2D eigenvalue weighted by molar-refractivity contribution is 5.82. The number of para-hydroxylation sites is 1. The summed E-state index contributed by atoms with van der Waals surface area (Å²) in [5.74, 6) is 0.901. The van der Waals surface area contributed by atoms with Crippen molar-refractivity contribution in [3.05, 3.63) is 35.9 Å². The number of amides is 1. The Morgan fingerprint density at radius 3 is 2.56 bits per heavy atom. The van der Waals surface area contributed by atoms with Gasteiger partial charge in [0.05, 0.1) is 12.6 Å². The molecule has 0 radical (unpaired) electrons. The maximum Gasteiger partial charge on any atom is 0.228 e. The molecule has 0 bridgehead atoms. The molecule has 1 saturated heterocycles. The molecule has 1 amide bonds. The fraction of sp³-hybridized carbons (Fsp3) is 0.545. The number of carbonyl (C=O) groups excluding carboxylic acids is 1. The smallest absolute Gasteiger partial charge is 0.228 e. The van der Waals surface area contributed by atoms with E-state index in [2.05, 4.69) is 35.9 Å². The van der Waals surface area contributed by atoms with Gasteiger partial charge in [0.1, 0.15) is 0 Å². The molecule has 1 aromatic carbocycles. The summed E-state index contributed by atoms with van der Waals surface area (Å²) in [6.07, 6.45) is 0. The molecule has 27 heavy (non-hydrogen) atoms. The Labute approximate surface area is 162 Å². The number of fused-ring (bicyclic) bond motifs is 1. The van der Waals surface area contributed by atoms with E-state index in [4.69, 9.17) is 4.74 Å². The molecular weight excluding hydrogens is 338 g/mol. The molecule has 5 heteroatoms. The Morgan fingerprint density at radius 1 is 1.22 bits per heavy atom. The topological polar surface area (TPSA) is 45.7 Å². The molecule has 1 aliphatic heterocycles. The second-order valence-corrected chi connectivity index (χ2v) is 9.06. The van der Waals surface area contributed by atoms with Crippen LogP contribution in [0.5, 0.6) is 5.88 Å². The number of pyridine rings is 1. The molecule has 3 rings (SSSR count). The highest BCUT2D eigenvalue weighted by atomic mass is 16.5. The molecule has 5 nitrogen and oxygen atoms in total. The van der Waals surface area contributed by atoms with Crippen LogP contribution in [0.15, 0.2) is 30.3 Å². The van der Waals surface area contributed by atoms with Crippen molar-refractivity contribution in [3.8, 4) is 5.88 Å². The van der Waals surface area contributed by atoms with Crippen LogP contribution in [-0.2, 0) is 11.3 Å². The van der Waals surface area contributed by atoms with E-state index in [0.717, 1.165) is 42.6 Å². The lowest BCUT2D eigenvalue weighted by atomic mass is 9.91. The summed E-state index contributed by atoms with van der Waals surface area (Å²) in [7, 11) is 1.67. The van der Waals surface area contributed by atoms with Gasteiger partial charge in [-0.1, -0.05) is 39.0 Å². The quantitative estimate of drug-likeness (QED) is 0.827. The van der Waals surface area contributed by atoms with E-state index in [-0.39, 0.29) is 16.9 Å². The van der Waals surface area contributed by atoms with E-state index in [1.165, 1.54) is 0 Å². The largest absolute Gasteiger partial charge is 0.481 e. The van der Waals surface area contributed by atoms with E-state index >= 15 is 0 Å². The van der Waals surface area contributed by atoms with E-state index in [1.54, 1.807) is 7.11 Å². The number of aromatic nitrogens is 1. The minimum atomic E-state index is -0.344. The van der Waals surface area contributed by atoms with Gasteiger partial charge in [0, 0.05) is 48.1 Å². The number of ether oxygens (including phenoxy) is 1. The second-order valence-electron chi connectivity index (χ2n) is 9.06. The number of hydrogen-bond donors (Lipinski definition) is 0. The van der Waals surface area contributed by atoms with E-state index < -0.39 is 0 Å². The van der Waals surface area contributed by atoms with Gasteiger partial charge in [0.2, 0.25) is 11.8 Å². The van der Waals surface area contributed by atoms with Crippen LogP contribution in [0.3, 0.4) is 0 Å². The van der Waals surface area contributed by atoms with Crippen molar-refractivity contribution in [1.29, 1.82) is 0 Å². The second kappa shape index (κ2) is 7.12. The molecule has 0 unspecified atom stereocenters. The Morgan fingerprint density at radius 2 is 1.93 bits per heavy atom. The molecule has 0 atom stereocenters. The Balaban J connectivity index is 1.82. The summed E-state index contributed by atoms with van der Waals surface area (Å²) >= 11 is 0. The zero-order valence-electron chi connectivity index (χ0n) is 17.4. The van der Waals surface area contributed by atoms with E-state index in [9.17, 15) is 4.79 Å². The molecule has 0 saturated carbocycles. The van der Waals surface area contributed by atoms with Gasteiger partial charge in [-0.2, -0.15) is 0 Å². The van der Waals surface area contributed by atoms with Crippen LogP contribution in [-0.4, -0.2) is 53.0 Å². The Kier molecular flexibility index (Phi) is 5.17. The van der Waals surface area contributed by atoms with Crippen LogP contribution < -0.4 is 4.74 Å². The number of carbonyl (C=O) groups is 1. The first-order valence-corrected chi connectivity index (χ1v) is 9.59. The van der Waals surface area contributed by atoms with Gasteiger partial charge < -0.3 is 9.64 Å². The number of methoxy groups -OCH3 is 1. The normalized spacial score (nSPS) is 17.9. The fourth-order valence-corrected chi connectivity index (χ4v) is 3.77. The number of rotatable bonds is 3. The lowest BCUT2D eigenvalue weighted by Gasteiger charge is -2.48. The molecule has 1 fully saturated rings. The van der Waals surface area contributed by atoms with Crippen molar-refractivity contribution in [2.45, 2.75) is 46.7 Å². The van der Waals surface area contributed by atoms with Crippen molar-refractivity contribution in [2.75, 3.05) is 26.7 Å². The van der Waals surface area contributed by atoms with Gasteiger partial charge in [-0.05, 0) is 26.0 Å². The minimum Gasteiger partial charge on any atom is -0.481 e. The third-order valence-corrected chi connectivity index (χ3v) is 5.32. The standard InChI is InChI=1S/C22H31N3O2/c1-21(2,3)20(26)24-11-12-25(22(4,5)15-24)14-17-13-16-9-7-8-10-18(16)23-19(17)27-6/h7-10,13H,11-12,14-15H2,1-6H3. The summed E-state index contributed by atoms with van der Waals surface area (Å²) in [4.78, 5) is 21.8. The van der Waals surface area contributed by atoms with Crippen molar-refractivity contribution >= 4 is 16.8 Å². The van der Waals surface area contributed by atoms with Crippen LogP contribution in [0.25, 0.3) is 10.9 Å². The Bertz CT molecular complexity index is 839. The van der Waals surface area contributed by atoms with Gasteiger partial charge in [-0.3, -0.25) is 9.69 Å². The summed E-state index contributed by atoms with van der Waals surface area (Å²) in [5, 5.41) is 1.12. The molecule has 1 aromatic heterocycles. The van der Waals surface area contributed by atoms with Gasteiger partial charge >= 0.3 is 0 Å². The monoisotopic (exact) mass is 369 g/mol. The highest BCUT2D eigenvalue weighted by Gasteiger charge is 2.38. The number of benzene rings is 1. The van der Waals surface area contributed by atoms with Gasteiger partial charge in [-0.15, -0.1) is 0 Å². The van der Waals surface area contributed by atoms with Crippen LogP contribution in [0.4, 0.5) is 0 Å². The molecule has 1 aliphatic rings. The highest BCUT2D eigenvalue weighted by Crippen LogP contribution is 2.30. The molecule has 2 aromatic rings. The predicted octanol–water partition coefficient (Wildman–Crippen LogP) is 3.71. The number of piperazine rings is 1.